The number of benzene rings is 1. The van der Waals surface area contributed by atoms with Crippen molar-refractivity contribution in [2.45, 2.75) is 65.5 Å². The van der Waals surface area contributed by atoms with Gasteiger partial charge >= 0.3 is 0 Å². The molecule has 3 saturated heterocycles. The van der Waals surface area contributed by atoms with Crippen molar-refractivity contribution in [3.63, 3.8) is 0 Å². The number of aryl methyl sites for hydroxylation is 3. The summed E-state index contributed by atoms with van der Waals surface area (Å²) in [6, 6.07) is 9.00. The van der Waals surface area contributed by atoms with Crippen LogP contribution in [0, 0.1) is 26.7 Å². The van der Waals surface area contributed by atoms with Crippen LogP contribution < -0.4 is 0 Å². The van der Waals surface area contributed by atoms with Crippen molar-refractivity contribution >= 4 is 5.91 Å². The standard InChI is InChI=1S/C31H46N6O.H2O/c1-24-5-7-27(8-6-24)21-34-17-19-35(20-18-34)22-28-9-13-37(14-10-28)31(4)11-15-36(16-12-31)30(38)29-25(2)32-23-33-26(29)3;/h5-8,23,28H,9-22H2,1-4H3;1H2. The van der Waals surface area contributed by atoms with Crippen LogP contribution in [0.2, 0.25) is 0 Å². The minimum Gasteiger partial charge on any atom is -0.412 e. The van der Waals surface area contributed by atoms with Crippen LogP contribution in [0.15, 0.2) is 30.6 Å². The fraction of sp³-hybridized carbons (Fsp3) is 0.645. The largest absolute Gasteiger partial charge is 0.412 e. The normalized spacial score (nSPS) is 21.5. The molecule has 5 rings (SSSR count). The molecule has 0 saturated carbocycles. The van der Waals surface area contributed by atoms with E-state index in [1.165, 1.54) is 69.8 Å². The minimum absolute atomic E-state index is 0. The van der Waals surface area contributed by atoms with Gasteiger partial charge in [0.2, 0.25) is 0 Å². The second kappa shape index (κ2) is 12.9. The SMILES string of the molecule is Cc1ccc(CN2CCN(CC3CCN(C4(C)CCN(C(=O)c5c(C)ncnc5C)CC4)CC3)CC2)cc1.O. The van der Waals surface area contributed by atoms with Gasteiger partial charge in [-0.1, -0.05) is 29.8 Å². The van der Waals surface area contributed by atoms with Gasteiger partial charge in [-0.25, -0.2) is 9.97 Å². The second-order valence-corrected chi connectivity index (χ2v) is 12.2. The van der Waals surface area contributed by atoms with E-state index in [-0.39, 0.29) is 16.9 Å². The van der Waals surface area contributed by atoms with Gasteiger partial charge in [0.1, 0.15) is 6.33 Å². The lowest BCUT2D eigenvalue weighted by Gasteiger charge is -2.49. The first-order valence-corrected chi connectivity index (χ1v) is 14.6. The minimum atomic E-state index is 0. The van der Waals surface area contributed by atoms with Crippen molar-refractivity contribution in [3.8, 4) is 0 Å². The molecule has 0 atom stereocenters. The molecular weight excluding hydrogens is 488 g/mol. The summed E-state index contributed by atoms with van der Waals surface area (Å²) in [5, 5.41) is 0. The Hall–Kier alpha value is -2.39. The fourth-order valence-corrected chi connectivity index (χ4v) is 6.67. The summed E-state index contributed by atoms with van der Waals surface area (Å²) in [6.45, 7) is 19.5. The highest BCUT2D eigenvalue weighted by molar-refractivity contribution is 5.96. The number of carbonyl (C=O) groups excluding carboxylic acids is 1. The van der Waals surface area contributed by atoms with E-state index >= 15 is 0 Å². The lowest BCUT2D eigenvalue weighted by molar-refractivity contribution is 0.00561. The lowest BCUT2D eigenvalue weighted by atomic mass is 9.84. The number of likely N-dealkylation sites (tertiary alicyclic amines) is 2. The van der Waals surface area contributed by atoms with Gasteiger partial charge in [0, 0.05) is 57.9 Å². The maximum atomic E-state index is 13.2. The average Bonchev–Trinajstić information content (AvgIpc) is 2.92. The molecule has 1 aromatic heterocycles. The number of aromatic nitrogens is 2. The maximum Gasteiger partial charge on any atom is 0.257 e. The molecule has 3 fully saturated rings. The highest BCUT2D eigenvalue weighted by atomic mass is 16.2. The number of hydrogen-bond donors (Lipinski definition) is 0. The molecule has 8 nitrogen and oxygen atoms in total. The van der Waals surface area contributed by atoms with Gasteiger partial charge in [0.15, 0.2) is 0 Å². The summed E-state index contributed by atoms with van der Waals surface area (Å²) < 4.78 is 0. The van der Waals surface area contributed by atoms with Crippen LogP contribution in [0.25, 0.3) is 0 Å². The van der Waals surface area contributed by atoms with Crippen LogP contribution in [-0.4, -0.2) is 105 Å². The van der Waals surface area contributed by atoms with Crippen molar-refractivity contribution in [3.05, 3.63) is 58.7 Å². The van der Waals surface area contributed by atoms with E-state index in [0.717, 1.165) is 49.8 Å². The van der Waals surface area contributed by atoms with Gasteiger partial charge < -0.3 is 15.3 Å². The number of rotatable bonds is 6. The highest BCUT2D eigenvalue weighted by Gasteiger charge is 2.39. The van der Waals surface area contributed by atoms with Gasteiger partial charge in [-0.05, 0) is 77.9 Å². The quantitative estimate of drug-likeness (QED) is 0.564. The van der Waals surface area contributed by atoms with E-state index in [1.807, 2.05) is 18.7 Å². The molecule has 2 aromatic rings. The van der Waals surface area contributed by atoms with Gasteiger partial charge in [-0.2, -0.15) is 0 Å². The number of carbonyl (C=O) groups is 1. The molecule has 8 heteroatoms. The van der Waals surface area contributed by atoms with E-state index in [4.69, 9.17) is 0 Å². The summed E-state index contributed by atoms with van der Waals surface area (Å²) in [4.78, 5) is 31.8. The zero-order valence-corrected chi connectivity index (χ0v) is 24.5. The summed E-state index contributed by atoms with van der Waals surface area (Å²) in [6.07, 6.45) is 6.21. The summed E-state index contributed by atoms with van der Waals surface area (Å²) >= 11 is 0. The first kappa shape index (κ1) is 29.6. The van der Waals surface area contributed by atoms with Crippen LogP contribution in [0.4, 0.5) is 0 Å². The zero-order valence-electron chi connectivity index (χ0n) is 24.5. The zero-order chi connectivity index (χ0) is 26.7. The first-order valence-electron chi connectivity index (χ1n) is 14.6. The lowest BCUT2D eigenvalue weighted by Crippen LogP contribution is -2.57. The molecule has 2 N–H and O–H groups in total. The number of hydrogen-bond acceptors (Lipinski definition) is 6. The Morgan fingerprint density at radius 3 is 2.00 bits per heavy atom. The first-order chi connectivity index (χ1) is 18.3. The maximum absolute atomic E-state index is 13.2. The van der Waals surface area contributed by atoms with Crippen LogP contribution in [-0.2, 0) is 6.54 Å². The van der Waals surface area contributed by atoms with Crippen molar-refractivity contribution in [1.29, 1.82) is 0 Å². The third kappa shape index (κ3) is 7.04. The monoisotopic (exact) mass is 536 g/mol. The molecule has 0 bridgehead atoms. The third-order valence-electron chi connectivity index (χ3n) is 9.45. The van der Waals surface area contributed by atoms with E-state index in [1.54, 1.807) is 6.33 Å². The Bertz CT molecular complexity index is 1060. The van der Waals surface area contributed by atoms with E-state index in [9.17, 15) is 4.79 Å². The summed E-state index contributed by atoms with van der Waals surface area (Å²) in [7, 11) is 0. The van der Waals surface area contributed by atoms with Crippen molar-refractivity contribution in [1.82, 2.24) is 29.6 Å². The topological polar surface area (TPSA) is 87.3 Å². The molecule has 39 heavy (non-hydrogen) atoms. The molecule has 0 spiro atoms. The summed E-state index contributed by atoms with van der Waals surface area (Å²) in [5.41, 5.74) is 5.21. The van der Waals surface area contributed by atoms with E-state index in [0.29, 0.717) is 5.56 Å². The van der Waals surface area contributed by atoms with Crippen molar-refractivity contribution in [2.24, 2.45) is 5.92 Å². The van der Waals surface area contributed by atoms with Gasteiger partial charge in [0.05, 0.1) is 17.0 Å². The molecular formula is C31H48N6O2. The molecule has 214 valence electrons. The highest BCUT2D eigenvalue weighted by Crippen LogP contribution is 2.33. The molecule has 1 amide bonds. The molecule has 0 aliphatic carbocycles. The van der Waals surface area contributed by atoms with Crippen LogP contribution >= 0.6 is 0 Å². The molecule has 0 radical (unpaired) electrons. The second-order valence-electron chi connectivity index (χ2n) is 12.2. The van der Waals surface area contributed by atoms with Gasteiger partial charge in [0.25, 0.3) is 5.91 Å². The Labute approximate surface area is 234 Å². The Morgan fingerprint density at radius 2 is 1.41 bits per heavy atom. The number of piperidine rings is 2. The van der Waals surface area contributed by atoms with Crippen LogP contribution in [0.3, 0.4) is 0 Å². The molecule has 3 aliphatic rings. The average molecular weight is 537 g/mol. The third-order valence-corrected chi connectivity index (χ3v) is 9.45. The molecule has 1 aromatic carbocycles. The van der Waals surface area contributed by atoms with Crippen molar-refractivity contribution < 1.29 is 10.3 Å². The van der Waals surface area contributed by atoms with E-state index in [2.05, 4.69) is 62.8 Å². The Balaban J connectivity index is 0.00000353. The van der Waals surface area contributed by atoms with Crippen LogP contribution in [0.1, 0.15) is 65.5 Å². The predicted octanol–water partition coefficient (Wildman–Crippen LogP) is 3.10. The Kier molecular flexibility index (Phi) is 9.75. The van der Waals surface area contributed by atoms with Gasteiger partial charge in [-0.15, -0.1) is 0 Å². The molecule has 0 unspecified atom stereocenters. The smallest absolute Gasteiger partial charge is 0.257 e. The fourth-order valence-electron chi connectivity index (χ4n) is 6.67. The number of piperazine rings is 1. The van der Waals surface area contributed by atoms with E-state index < -0.39 is 0 Å². The molecule has 4 heterocycles. The van der Waals surface area contributed by atoms with Gasteiger partial charge in [-0.3, -0.25) is 14.6 Å². The number of nitrogens with zero attached hydrogens (tertiary/aromatic N) is 6. The molecule has 3 aliphatic heterocycles. The van der Waals surface area contributed by atoms with Crippen LogP contribution in [0.5, 0.6) is 0 Å². The Morgan fingerprint density at radius 1 is 0.846 bits per heavy atom. The summed E-state index contributed by atoms with van der Waals surface area (Å²) in [5.74, 6) is 0.907. The predicted molar refractivity (Wildman–Crippen MR) is 156 cm³/mol. The number of amides is 1. The van der Waals surface area contributed by atoms with Crippen molar-refractivity contribution in [2.75, 3.05) is 58.9 Å².